The fraction of sp³-hybridized carbons (Fsp3) is 0.500. The van der Waals surface area contributed by atoms with Crippen LogP contribution in [0.1, 0.15) is 27.7 Å². The molecule has 0 heterocycles. The lowest BCUT2D eigenvalue weighted by Gasteiger charge is -2.14. The smallest absolute Gasteiger partial charge is 0.205 e. The number of hydrogen-bond donors (Lipinski definition) is 0. The maximum absolute atomic E-state index is 11.6. The summed E-state index contributed by atoms with van der Waals surface area (Å²) in [4.78, 5) is 19.1. The molecule has 0 aliphatic heterocycles. The average molecular weight is 180 g/mol. The van der Waals surface area contributed by atoms with Gasteiger partial charge < -0.3 is 0 Å². The Morgan fingerprint density at radius 3 is 2.23 bits per heavy atom. The van der Waals surface area contributed by atoms with Crippen molar-refractivity contribution < 1.29 is 4.79 Å². The summed E-state index contributed by atoms with van der Waals surface area (Å²) in [5, 5.41) is 0. The van der Waals surface area contributed by atoms with Gasteiger partial charge in [-0.15, -0.1) is 0 Å². The van der Waals surface area contributed by atoms with E-state index in [-0.39, 0.29) is 11.6 Å². The number of rotatable bonds is 2. The molecule has 0 saturated carbocycles. The van der Waals surface area contributed by atoms with Crippen molar-refractivity contribution in [2.75, 3.05) is 0 Å². The number of Topliss-reactive ketones (excluding diaryl/α,β-unsaturated/α-hetero) is 1. The predicted molar refractivity (Wildman–Crippen MR) is 56.3 cm³/mol. The molecular formula is C10H16N2O. The van der Waals surface area contributed by atoms with Gasteiger partial charge in [-0.2, -0.15) is 0 Å². The summed E-state index contributed by atoms with van der Waals surface area (Å²) in [5.74, 6) is 0.0752. The standard InChI is InChI=1S/C10H16N2O/c1-6-7-12-9(11-5)8(13)10(2,3)4/h6-7H,5H2,1-4H3/b7-6-,12-9-. The number of hydrogen-bond acceptors (Lipinski definition) is 2. The first kappa shape index (κ1) is 11.8. The highest BCUT2D eigenvalue weighted by Crippen LogP contribution is 2.15. The average Bonchev–Trinajstić information content (AvgIpc) is 2.04. The van der Waals surface area contributed by atoms with E-state index in [0.717, 1.165) is 0 Å². The van der Waals surface area contributed by atoms with Gasteiger partial charge in [-0.05, 0) is 13.6 Å². The number of ketones is 1. The summed E-state index contributed by atoms with van der Waals surface area (Å²) >= 11 is 0. The molecule has 3 heteroatoms. The Labute approximate surface area is 79.3 Å². The minimum atomic E-state index is -0.457. The molecule has 0 fully saturated rings. The zero-order valence-corrected chi connectivity index (χ0v) is 8.66. The topological polar surface area (TPSA) is 41.8 Å². The third-order valence-electron chi connectivity index (χ3n) is 1.38. The fourth-order valence-electron chi connectivity index (χ4n) is 0.652. The molecule has 0 amide bonds. The number of nitrogens with zero attached hydrogens (tertiary/aromatic N) is 2. The SMILES string of the molecule is C=N/C(=N\C=C/C)C(=O)C(C)(C)C. The van der Waals surface area contributed by atoms with Crippen LogP contribution in [0.4, 0.5) is 0 Å². The van der Waals surface area contributed by atoms with E-state index < -0.39 is 5.41 Å². The van der Waals surface area contributed by atoms with Crippen molar-refractivity contribution in [3.8, 4) is 0 Å². The van der Waals surface area contributed by atoms with Gasteiger partial charge in [0.2, 0.25) is 5.78 Å². The molecule has 13 heavy (non-hydrogen) atoms. The van der Waals surface area contributed by atoms with E-state index in [4.69, 9.17) is 0 Å². The molecule has 0 atom stereocenters. The van der Waals surface area contributed by atoms with Gasteiger partial charge in [0.1, 0.15) is 0 Å². The van der Waals surface area contributed by atoms with Crippen molar-refractivity contribution in [3.63, 3.8) is 0 Å². The van der Waals surface area contributed by atoms with E-state index in [2.05, 4.69) is 16.7 Å². The molecule has 0 saturated heterocycles. The molecule has 0 N–H and O–H groups in total. The summed E-state index contributed by atoms with van der Waals surface area (Å²) in [5.41, 5.74) is -0.457. The highest BCUT2D eigenvalue weighted by atomic mass is 16.1. The second kappa shape index (κ2) is 4.70. The molecule has 0 aromatic carbocycles. The van der Waals surface area contributed by atoms with Crippen LogP contribution in [-0.4, -0.2) is 18.3 Å². The Morgan fingerprint density at radius 1 is 1.38 bits per heavy atom. The van der Waals surface area contributed by atoms with E-state index in [1.165, 1.54) is 6.20 Å². The van der Waals surface area contributed by atoms with Crippen molar-refractivity contribution in [3.05, 3.63) is 12.3 Å². The third-order valence-corrected chi connectivity index (χ3v) is 1.38. The minimum Gasteiger partial charge on any atom is -0.290 e. The van der Waals surface area contributed by atoms with Gasteiger partial charge in [-0.3, -0.25) is 4.79 Å². The Hall–Kier alpha value is -1.25. The Morgan fingerprint density at radius 2 is 1.92 bits per heavy atom. The summed E-state index contributed by atoms with van der Waals surface area (Å²) in [6.45, 7) is 10.6. The maximum atomic E-state index is 11.6. The first-order valence-electron chi connectivity index (χ1n) is 4.14. The summed E-state index contributed by atoms with van der Waals surface area (Å²) in [6.07, 6.45) is 3.27. The van der Waals surface area contributed by atoms with Crippen LogP contribution in [0, 0.1) is 5.41 Å². The lowest BCUT2D eigenvalue weighted by atomic mass is 9.90. The van der Waals surface area contributed by atoms with E-state index in [1.54, 1.807) is 6.08 Å². The van der Waals surface area contributed by atoms with Crippen LogP contribution in [0.3, 0.4) is 0 Å². The second-order valence-corrected chi connectivity index (χ2v) is 3.67. The van der Waals surface area contributed by atoms with Crippen LogP contribution in [0.25, 0.3) is 0 Å². The molecule has 0 aliphatic carbocycles. The van der Waals surface area contributed by atoms with Crippen LogP contribution in [0.5, 0.6) is 0 Å². The summed E-state index contributed by atoms with van der Waals surface area (Å²) < 4.78 is 0. The Kier molecular flexibility index (Phi) is 4.25. The molecule has 0 rings (SSSR count). The summed E-state index contributed by atoms with van der Waals surface area (Å²) in [7, 11) is 0. The summed E-state index contributed by atoms with van der Waals surface area (Å²) in [6, 6.07) is 0. The minimum absolute atomic E-state index is 0.0967. The van der Waals surface area contributed by atoms with Gasteiger partial charge in [-0.25, -0.2) is 9.98 Å². The molecule has 3 nitrogen and oxygen atoms in total. The van der Waals surface area contributed by atoms with E-state index >= 15 is 0 Å². The molecule has 0 aromatic heterocycles. The van der Waals surface area contributed by atoms with Crippen LogP contribution < -0.4 is 0 Å². The number of allylic oxidation sites excluding steroid dienone is 1. The second-order valence-electron chi connectivity index (χ2n) is 3.67. The van der Waals surface area contributed by atoms with Crippen LogP contribution in [-0.2, 0) is 4.79 Å². The van der Waals surface area contributed by atoms with Crippen LogP contribution in [0.2, 0.25) is 0 Å². The van der Waals surface area contributed by atoms with Gasteiger partial charge in [-0.1, -0.05) is 26.8 Å². The maximum Gasteiger partial charge on any atom is 0.205 e. The van der Waals surface area contributed by atoms with E-state index in [9.17, 15) is 4.79 Å². The molecule has 0 bridgehead atoms. The van der Waals surface area contributed by atoms with Crippen molar-refractivity contribution in [1.29, 1.82) is 0 Å². The van der Waals surface area contributed by atoms with Crippen LogP contribution in [0.15, 0.2) is 22.3 Å². The quantitative estimate of drug-likeness (QED) is 0.474. The Bertz CT molecular complexity index is 257. The molecule has 0 unspecified atom stereocenters. The molecule has 0 radical (unpaired) electrons. The normalized spacial score (nSPS) is 13.4. The molecule has 0 aromatic rings. The van der Waals surface area contributed by atoms with Gasteiger partial charge in [0.25, 0.3) is 0 Å². The van der Waals surface area contributed by atoms with E-state index in [0.29, 0.717) is 0 Å². The largest absolute Gasteiger partial charge is 0.290 e. The molecule has 72 valence electrons. The lowest BCUT2D eigenvalue weighted by molar-refractivity contribution is -0.119. The third kappa shape index (κ3) is 3.78. The number of carbonyl (C=O) groups is 1. The zero-order chi connectivity index (χ0) is 10.5. The van der Waals surface area contributed by atoms with Gasteiger partial charge >= 0.3 is 0 Å². The van der Waals surface area contributed by atoms with Crippen molar-refractivity contribution in [2.24, 2.45) is 15.4 Å². The van der Waals surface area contributed by atoms with Gasteiger partial charge in [0.05, 0.1) is 0 Å². The van der Waals surface area contributed by atoms with E-state index in [1.807, 2.05) is 27.7 Å². The van der Waals surface area contributed by atoms with Gasteiger partial charge in [0, 0.05) is 11.6 Å². The fourth-order valence-corrected chi connectivity index (χ4v) is 0.652. The van der Waals surface area contributed by atoms with Gasteiger partial charge in [0.15, 0.2) is 5.84 Å². The van der Waals surface area contributed by atoms with Crippen molar-refractivity contribution >= 4 is 18.3 Å². The molecule has 0 aliphatic rings. The number of aliphatic imine (C=N–C) groups is 2. The first-order valence-corrected chi connectivity index (χ1v) is 4.14. The highest BCUT2D eigenvalue weighted by Gasteiger charge is 2.25. The predicted octanol–water partition coefficient (Wildman–Crippen LogP) is 2.23. The number of carbonyl (C=O) groups excluding carboxylic acids is 1. The van der Waals surface area contributed by atoms with Crippen LogP contribution >= 0.6 is 0 Å². The molecule has 0 spiro atoms. The molecular weight excluding hydrogens is 164 g/mol. The number of amidine groups is 1. The van der Waals surface area contributed by atoms with Crippen molar-refractivity contribution in [2.45, 2.75) is 27.7 Å². The van der Waals surface area contributed by atoms with Crippen molar-refractivity contribution in [1.82, 2.24) is 0 Å². The zero-order valence-electron chi connectivity index (χ0n) is 8.66. The first-order chi connectivity index (χ1) is 5.93. The monoisotopic (exact) mass is 180 g/mol. The lowest BCUT2D eigenvalue weighted by Crippen LogP contribution is -2.27. The highest BCUT2D eigenvalue weighted by molar-refractivity contribution is 6.41. The Balaban J connectivity index is 4.81.